The van der Waals surface area contributed by atoms with Gasteiger partial charge in [-0.15, -0.1) is 0 Å². The summed E-state index contributed by atoms with van der Waals surface area (Å²) in [6, 6.07) is 8.62. The fraction of sp³-hybridized carbons (Fsp3) is 0.647. The van der Waals surface area contributed by atoms with Crippen molar-refractivity contribution < 1.29 is 8.42 Å². The van der Waals surface area contributed by atoms with Crippen molar-refractivity contribution in [3.05, 3.63) is 30.3 Å². The van der Waals surface area contributed by atoms with Gasteiger partial charge in [0.2, 0.25) is 10.0 Å². The molecule has 1 fully saturated rings. The van der Waals surface area contributed by atoms with Crippen LogP contribution in [0.5, 0.6) is 0 Å². The van der Waals surface area contributed by atoms with E-state index in [1.54, 1.807) is 31.3 Å². The third-order valence-corrected chi connectivity index (χ3v) is 5.29. The highest BCUT2D eigenvalue weighted by atomic mass is 32.2. The topological polar surface area (TPSA) is 40.6 Å². The minimum atomic E-state index is -3.33. The molecule has 0 spiro atoms. The van der Waals surface area contributed by atoms with Crippen LogP contribution in [-0.4, -0.2) is 51.4 Å². The molecule has 5 heteroatoms. The molecule has 0 bridgehead atoms. The molecule has 1 heterocycles. The van der Waals surface area contributed by atoms with Gasteiger partial charge in [0.05, 0.1) is 4.90 Å². The summed E-state index contributed by atoms with van der Waals surface area (Å²) in [5.74, 6) is 1.28. The van der Waals surface area contributed by atoms with E-state index < -0.39 is 10.0 Å². The first-order valence-corrected chi connectivity index (χ1v) is 9.37. The summed E-state index contributed by atoms with van der Waals surface area (Å²) in [7, 11) is 0.413. The summed E-state index contributed by atoms with van der Waals surface area (Å²) in [5, 5.41) is 0. The molecule has 1 aromatic carbocycles. The van der Waals surface area contributed by atoms with Crippen molar-refractivity contribution in [2.45, 2.75) is 32.1 Å². The van der Waals surface area contributed by atoms with E-state index >= 15 is 0 Å². The monoisotopic (exact) mass is 326 g/mol. The molecule has 0 aliphatic carbocycles. The van der Waals surface area contributed by atoms with Gasteiger partial charge in [-0.3, -0.25) is 0 Å². The zero-order valence-corrected chi connectivity index (χ0v) is 15.3. The van der Waals surface area contributed by atoms with Crippen molar-refractivity contribution in [2.75, 3.05) is 33.7 Å². The Hall–Kier alpha value is -0.910. The van der Waals surface area contributed by atoms with Gasteiger partial charge in [0.1, 0.15) is 0 Å². The van der Waals surface area contributed by atoms with Crippen LogP contribution in [0.15, 0.2) is 35.2 Å². The number of benzene rings is 1. The minimum Gasteiger partial charge on any atom is -0.306 e. The van der Waals surface area contributed by atoms with Crippen molar-refractivity contribution in [1.82, 2.24) is 9.21 Å². The molecular formula is C17H30N2O2S. The highest BCUT2D eigenvalue weighted by Gasteiger charge is 2.26. The van der Waals surface area contributed by atoms with E-state index in [0.29, 0.717) is 17.4 Å². The Morgan fingerprint density at radius 1 is 1.23 bits per heavy atom. The predicted molar refractivity (Wildman–Crippen MR) is 92.4 cm³/mol. The van der Waals surface area contributed by atoms with Crippen LogP contribution in [0.1, 0.15) is 27.2 Å². The van der Waals surface area contributed by atoms with Crippen molar-refractivity contribution in [3.8, 4) is 0 Å². The van der Waals surface area contributed by atoms with Crippen LogP contribution in [0.3, 0.4) is 0 Å². The van der Waals surface area contributed by atoms with Gasteiger partial charge < -0.3 is 4.90 Å². The summed E-state index contributed by atoms with van der Waals surface area (Å²) < 4.78 is 26.1. The number of rotatable bonds is 4. The molecule has 22 heavy (non-hydrogen) atoms. The normalized spacial score (nSPS) is 19.3. The van der Waals surface area contributed by atoms with Gasteiger partial charge in [-0.2, -0.15) is 0 Å². The molecule has 0 N–H and O–H groups in total. The van der Waals surface area contributed by atoms with E-state index in [-0.39, 0.29) is 0 Å². The van der Waals surface area contributed by atoms with E-state index in [2.05, 4.69) is 32.7 Å². The Morgan fingerprint density at radius 2 is 1.77 bits per heavy atom. The first kappa shape index (κ1) is 19.1. The summed E-state index contributed by atoms with van der Waals surface area (Å²) in [5.41, 5.74) is 0. The number of likely N-dealkylation sites (tertiary alicyclic amines) is 1. The van der Waals surface area contributed by atoms with Gasteiger partial charge in [-0.1, -0.05) is 39.0 Å². The molecule has 2 rings (SSSR count). The van der Waals surface area contributed by atoms with Crippen LogP contribution in [-0.2, 0) is 10.0 Å². The summed E-state index contributed by atoms with van der Waals surface area (Å²) in [4.78, 5) is 2.62. The highest BCUT2D eigenvalue weighted by Crippen LogP contribution is 2.19. The third kappa shape index (κ3) is 6.07. The number of nitrogens with zero attached hydrogens (tertiary/aromatic N) is 2. The molecule has 1 saturated heterocycles. The van der Waals surface area contributed by atoms with Crippen molar-refractivity contribution >= 4 is 10.0 Å². The summed E-state index contributed by atoms with van der Waals surface area (Å²) in [6.45, 7) is 9.14. The zero-order valence-electron chi connectivity index (χ0n) is 14.5. The summed E-state index contributed by atoms with van der Waals surface area (Å²) >= 11 is 0. The van der Waals surface area contributed by atoms with E-state index in [1.807, 2.05) is 6.07 Å². The molecule has 0 saturated carbocycles. The first-order chi connectivity index (χ1) is 10.2. The predicted octanol–water partition coefficient (Wildman–Crippen LogP) is 2.92. The third-order valence-electron chi connectivity index (χ3n) is 3.46. The molecule has 0 aromatic heterocycles. The largest absolute Gasteiger partial charge is 0.306 e. The number of sulfonamides is 1. The van der Waals surface area contributed by atoms with E-state index in [0.717, 1.165) is 25.4 Å². The average Bonchev–Trinajstić information content (AvgIpc) is 2.84. The highest BCUT2D eigenvalue weighted by molar-refractivity contribution is 7.89. The lowest BCUT2D eigenvalue weighted by Gasteiger charge is -2.20. The van der Waals surface area contributed by atoms with Gasteiger partial charge in [0, 0.05) is 20.1 Å². The maximum absolute atomic E-state index is 12.3. The second kappa shape index (κ2) is 8.65. The molecule has 1 aromatic rings. The lowest BCUT2D eigenvalue weighted by molar-refractivity contribution is 0.357. The maximum atomic E-state index is 12.3. The zero-order chi connectivity index (χ0) is 16.8. The van der Waals surface area contributed by atoms with E-state index in [4.69, 9.17) is 0 Å². The van der Waals surface area contributed by atoms with Crippen LogP contribution in [0.4, 0.5) is 0 Å². The van der Waals surface area contributed by atoms with Gasteiger partial charge >= 0.3 is 0 Å². The molecule has 1 unspecified atom stereocenters. The lowest BCUT2D eigenvalue weighted by Crippen LogP contribution is -2.32. The van der Waals surface area contributed by atoms with Gasteiger partial charge in [-0.05, 0) is 44.0 Å². The molecule has 0 amide bonds. The Balaban J connectivity index is 0.000000541. The van der Waals surface area contributed by atoms with Gasteiger partial charge in [-0.25, -0.2) is 12.7 Å². The van der Waals surface area contributed by atoms with E-state index in [1.165, 1.54) is 4.31 Å². The van der Waals surface area contributed by atoms with Crippen molar-refractivity contribution in [2.24, 2.45) is 11.8 Å². The molecule has 1 aliphatic heterocycles. The number of hydrogen-bond donors (Lipinski definition) is 0. The van der Waals surface area contributed by atoms with Crippen LogP contribution in [0.2, 0.25) is 0 Å². The van der Waals surface area contributed by atoms with Gasteiger partial charge in [0.15, 0.2) is 0 Å². The quantitative estimate of drug-likeness (QED) is 0.854. The van der Waals surface area contributed by atoms with Crippen LogP contribution >= 0.6 is 0 Å². The first-order valence-electron chi connectivity index (χ1n) is 7.93. The molecular weight excluding hydrogens is 296 g/mol. The maximum Gasteiger partial charge on any atom is 0.242 e. The molecule has 126 valence electrons. The van der Waals surface area contributed by atoms with E-state index in [9.17, 15) is 8.42 Å². The summed E-state index contributed by atoms with van der Waals surface area (Å²) in [6.07, 6.45) is 1.07. The second-order valence-electron chi connectivity index (χ2n) is 6.75. The fourth-order valence-corrected chi connectivity index (χ4v) is 3.68. The van der Waals surface area contributed by atoms with Crippen molar-refractivity contribution in [3.63, 3.8) is 0 Å². The molecule has 4 nitrogen and oxygen atoms in total. The smallest absolute Gasteiger partial charge is 0.242 e. The van der Waals surface area contributed by atoms with Crippen LogP contribution in [0, 0.1) is 11.8 Å². The Bertz CT molecular complexity index is 526. The lowest BCUT2D eigenvalue weighted by atomic mass is 10.1. The number of hydrogen-bond acceptors (Lipinski definition) is 3. The Labute approximate surface area is 136 Å². The SMILES string of the molecule is CC(C)C.CN1CCC(CN(C)S(=O)(=O)c2ccccc2)C1. The Kier molecular flexibility index (Phi) is 7.53. The Morgan fingerprint density at radius 3 is 2.23 bits per heavy atom. The molecule has 0 radical (unpaired) electrons. The molecule has 1 atom stereocenters. The molecule has 1 aliphatic rings. The minimum absolute atomic E-state index is 0.374. The standard InChI is InChI=1S/C13H20N2O2S.C4H10/c1-14-9-8-12(10-14)11-15(2)18(16,17)13-6-4-3-5-7-13;1-4(2)3/h3-7,12H,8-11H2,1-2H3;4H,1-3H3. The van der Waals surface area contributed by atoms with Crippen LogP contribution < -0.4 is 0 Å². The fourth-order valence-electron chi connectivity index (χ4n) is 2.41. The van der Waals surface area contributed by atoms with Crippen molar-refractivity contribution in [1.29, 1.82) is 0 Å². The van der Waals surface area contributed by atoms with Gasteiger partial charge in [0.25, 0.3) is 0 Å². The second-order valence-corrected chi connectivity index (χ2v) is 8.79. The van der Waals surface area contributed by atoms with Crippen LogP contribution in [0.25, 0.3) is 0 Å². The average molecular weight is 327 g/mol.